The van der Waals surface area contributed by atoms with Crippen LogP contribution in [0.3, 0.4) is 0 Å². The lowest BCUT2D eigenvalue weighted by atomic mass is 9.94. The van der Waals surface area contributed by atoms with Gasteiger partial charge in [-0.1, -0.05) is 91.0 Å². The maximum Gasteiger partial charge on any atom is 0.183 e. The molecule has 0 spiro atoms. The molecule has 0 radical (unpaired) electrons. The van der Waals surface area contributed by atoms with Crippen molar-refractivity contribution in [2.75, 3.05) is 13.7 Å². The van der Waals surface area contributed by atoms with Crippen molar-refractivity contribution in [3.05, 3.63) is 108 Å². The van der Waals surface area contributed by atoms with Gasteiger partial charge >= 0.3 is 0 Å². The van der Waals surface area contributed by atoms with Crippen LogP contribution in [0.4, 0.5) is 0 Å². The van der Waals surface area contributed by atoms with E-state index in [0.29, 0.717) is 26.2 Å². The van der Waals surface area contributed by atoms with Crippen LogP contribution in [0.5, 0.6) is 0 Å². The quantitative estimate of drug-likeness (QED) is 0.335. The van der Waals surface area contributed by atoms with Crippen molar-refractivity contribution in [3.63, 3.8) is 0 Å². The Morgan fingerprint density at radius 2 is 1.31 bits per heavy atom. The fraction of sp³-hybridized carbons (Fsp3) is 0.367. The molecule has 3 unspecified atom stereocenters. The Kier molecular flexibility index (Phi) is 10.2. The third-order valence-corrected chi connectivity index (χ3v) is 6.30. The highest BCUT2D eigenvalue weighted by molar-refractivity contribution is 5.55. The van der Waals surface area contributed by atoms with E-state index < -0.39 is 30.5 Å². The molecule has 36 heavy (non-hydrogen) atoms. The van der Waals surface area contributed by atoms with Gasteiger partial charge < -0.3 is 28.5 Å². The molecule has 5 atom stereocenters. The van der Waals surface area contributed by atoms with Gasteiger partial charge in [0.2, 0.25) is 0 Å². The van der Waals surface area contributed by atoms with Crippen molar-refractivity contribution in [1.82, 2.24) is 0 Å². The summed E-state index contributed by atoms with van der Waals surface area (Å²) in [6.07, 6.45) is -0.757. The fourth-order valence-electron chi connectivity index (χ4n) is 4.39. The van der Waals surface area contributed by atoms with Crippen LogP contribution in [0.25, 0.3) is 0 Å². The molecule has 0 bridgehead atoms. The Balaban J connectivity index is 1.49. The molecule has 0 aromatic heterocycles. The average molecular weight is 491 g/mol. The topological polar surface area (TPSA) is 63.2 Å². The summed E-state index contributed by atoms with van der Waals surface area (Å²) < 4.78 is 30.6. The molecule has 3 aromatic carbocycles. The van der Waals surface area contributed by atoms with Gasteiger partial charge in [0.15, 0.2) is 6.29 Å². The standard InChI is InChI=1S/C30H34O6/c1-32-30-27(34-20-24-13-7-3-8-14-24)17-26(18-31)29(35-21-25-15-9-4-10-16-25)28(36-30)22-33-19-23-11-5-2-6-12-23/h2-16,18,26-30H,17,19-22H2,1H3/t26?,27?,28?,29-,30-/m1/s1. The highest BCUT2D eigenvalue weighted by Crippen LogP contribution is 2.30. The molecular formula is C30H34O6. The van der Waals surface area contributed by atoms with Crippen molar-refractivity contribution >= 4 is 6.29 Å². The third kappa shape index (κ3) is 7.56. The zero-order valence-corrected chi connectivity index (χ0v) is 20.6. The minimum absolute atomic E-state index is 0.254. The van der Waals surface area contributed by atoms with E-state index in [-0.39, 0.29) is 6.61 Å². The molecule has 4 rings (SSSR count). The van der Waals surface area contributed by atoms with Crippen molar-refractivity contribution in [1.29, 1.82) is 0 Å². The highest BCUT2D eigenvalue weighted by atomic mass is 16.7. The lowest BCUT2D eigenvalue weighted by Crippen LogP contribution is -2.41. The molecule has 3 aromatic rings. The van der Waals surface area contributed by atoms with Crippen LogP contribution in [0.15, 0.2) is 91.0 Å². The summed E-state index contributed by atoms with van der Waals surface area (Å²) in [4.78, 5) is 12.3. The number of methoxy groups -OCH3 is 1. The van der Waals surface area contributed by atoms with Gasteiger partial charge in [-0.15, -0.1) is 0 Å². The summed E-state index contributed by atoms with van der Waals surface area (Å²) in [6.45, 7) is 1.44. The van der Waals surface area contributed by atoms with Gasteiger partial charge in [0, 0.05) is 13.0 Å². The molecule has 6 heteroatoms. The maximum atomic E-state index is 12.3. The van der Waals surface area contributed by atoms with Gasteiger partial charge in [-0.3, -0.25) is 0 Å². The zero-order chi connectivity index (χ0) is 25.0. The lowest BCUT2D eigenvalue weighted by molar-refractivity contribution is -0.232. The molecule has 1 heterocycles. The Morgan fingerprint density at radius 3 is 1.83 bits per heavy atom. The van der Waals surface area contributed by atoms with Gasteiger partial charge in [-0.05, 0) is 23.1 Å². The minimum Gasteiger partial charge on any atom is -0.374 e. The van der Waals surface area contributed by atoms with Crippen molar-refractivity contribution in [3.8, 4) is 0 Å². The Bertz CT molecular complexity index is 1010. The summed E-state index contributed by atoms with van der Waals surface area (Å²) in [6, 6.07) is 29.7. The number of carbonyl (C=O) groups excluding carboxylic acids is 1. The Labute approximate surface area is 213 Å². The summed E-state index contributed by atoms with van der Waals surface area (Å²) in [5.74, 6) is -0.444. The summed E-state index contributed by atoms with van der Waals surface area (Å²) in [7, 11) is 1.59. The molecular weight excluding hydrogens is 456 g/mol. The number of hydrogen-bond donors (Lipinski definition) is 0. The predicted molar refractivity (Wildman–Crippen MR) is 136 cm³/mol. The molecule has 0 amide bonds. The van der Waals surface area contributed by atoms with E-state index in [2.05, 4.69) is 0 Å². The molecule has 6 nitrogen and oxygen atoms in total. The van der Waals surface area contributed by atoms with Gasteiger partial charge in [-0.2, -0.15) is 0 Å². The van der Waals surface area contributed by atoms with Crippen LogP contribution in [-0.2, 0) is 48.3 Å². The molecule has 0 N–H and O–H groups in total. The third-order valence-electron chi connectivity index (χ3n) is 6.30. The largest absolute Gasteiger partial charge is 0.374 e. The molecule has 190 valence electrons. The molecule has 1 aliphatic heterocycles. The van der Waals surface area contributed by atoms with E-state index in [1.807, 2.05) is 91.0 Å². The van der Waals surface area contributed by atoms with Crippen LogP contribution >= 0.6 is 0 Å². The number of carbonyl (C=O) groups is 1. The zero-order valence-electron chi connectivity index (χ0n) is 20.6. The van der Waals surface area contributed by atoms with E-state index >= 15 is 0 Å². The SMILES string of the molecule is CO[C@@H]1OC(COCc2ccccc2)[C@H](OCc2ccccc2)C(C=O)CC1OCc1ccccc1. The number of hydrogen-bond acceptors (Lipinski definition) is 6. The molecule has 1 fully saturated rings. The van der Waals surface area contributed by atoms with Crippen LogP contribution in [-0.4, -0.2) is 44.6 Å². The smallest absolute Gasteiger partial charge is 0.183 e. The predicted octanol–water partition coefficient (Wildman–Crippen LogP) is 4.95. The Morgan fingerprint density at radius 1 is 0.778 bits per heavy atom. The van der Waals surface area contributed by atoms with Crippen LogP contribution in [0, 0.1) is 5.92 Å². The summed E-state index contributed by atoms with van der Waals surface area (Å²) in [5, 5.41) is 0. The summed E-state index contributed by atoms with van der Waals surface area (Å²) in [5.41, 5.74) is 3.13. The average Bonchev–Trinajstić information content (AvgIpc) is 3.08. The number of aldehydes is 1. The van der Waals surface area contributed by atoms with E-state index in [1.165, 1.54) is 0 Å². The van der Waals surface area contributed by atoms with E-state index in [9.17, 15) is 4.79 Å². The first-order valence-electron chi connectivity index (χ1n) is 12.3. The Hall–Kier alpha value is -2.87. The number of ether oxygens (including phenoxy) is 5. The molecule has 1 aliphatic rings. The monoisotopic (exact) mass is 490 g/mol. The van der Waals surface area contributed by atoms with E-state index in [4.69, 9.17) is 23.7 Å². The summed E-state index contributed by atoms with van der Waals surface area (Å²) >= 11 is 0. The normalized spacial score (nSPS) is 24.2. The van der Waals surface area contributed by atoms with Gasteiger partial charge in [0.25, 0.3) is 0 Å². The molecule has 1 saturated heterocycles. The van der Waals surface area contributed by atoms with Crippen LogP contribution < -0.4 is 0 Å². The van der Waals surface area contributed by atoms with E-state index in [1.54, 1.807) is 7.11 Å². The molecule has 0 saturated carbocycles. The highest BCUT2D eigenvalue weighted by Gasteiger charge is 2.42. The second-order valence-corrected chi connectivity index (χ2v) is 8.91. The second kappa shape index (κ2) is 14.0. The van der Waals surface area contributed by atoms with Gasteiger partial charge in [-0.25, -0.2) is 0 Å². The maximum absolute atomic E-state index is 12.3. The minimum atomic E-state index is -0.660. The van der Waals surface area contributed by atoms with Crippen molar-refractivity contribution in [2.45, 2.75) is 50.8 Å². The number of rotatable bonds is 12. The van der Waals surface area contributed by atoms with Crippen LogP contribution in [0.1, 0.15) is 23.1 Å². The lowest BCUT2D eigenvalue weighted by Gasteiger charge is -2.29. The first kappa shape index (κ1) is 26.2. The number of benzene rings is 3. The van der Waals surface area contributed by atoms with Crippen molar-refractivity contribution < 1.29 is 28.5 Å². The van der Waals surface area contributed by atoms with Gasteiger partial charge in [0.05, 0.1) is 32.5 Å². The van der Waals surface area contributed by atoms with E-state index in [0.717, 1.165) is 23.0 Å². The molecule has 0 aliphatic carbocycles. The van der Waals surface area contributed by atoms with Crippen molar-refractivity contribution in [2.24, 2.45) is 5.92 Å². The van der Waals surface area contributed by atoms with Crippen LogP contribution in [0.2, 0.25) is 0 Å². The first-order chi connectivity index (χ1) is 17.8. The fourth-order valence-corrected chi connectivity index (χ4v) is 4.39. The first-order valence-corrected chi connectivity index (χ1v) is 12.3. The van der Waals surface area contributed by atoms with Gasteiger partial charge in [0.1, 0.15) is 18.5 Å². The second-order valence-electron chi connectivity index (χ2n) is 8.91.